The van der Waals surface area contributed by atoms with Crippen LogP contribution in [0.1, 0.15) is 51.9 Å². The van der Waals surface area contributed by atoms with Crippen molar-refractivity contribution in [2.45, 2.75) is 70.2 Å². The molecule has 0 fully saturated rings. The Morgan fingerprint density at radius 1 is 0.960 bits per heavy atom. The molecule has 0 amide bonds. The minimum atomic E-state index is -1.04. The van der Waals surface area contributed by atoms with E-state index in [0.717, 1.165) is 25.7 Å². The van der Waals surface area contributed by atoms with Gasteiger partial charge < -0.3 is 20.4 Å². The fourth-order valence-electron chi connectivity index (χ4n) is 2.00. The Morgan fingerprint density at radius 3 is 2.36 bits per heavy atom. The SMILES string of the molecule is CCCCC[C@H](O)/C=C/C#C/C=C/C=C/[C@@H](O)[C@@H](O)CCCC(=O)O. The van der Waals surface area contributed by atoms with Crippen LogP contribution in [0.5, 0.6) is 0 Å². The van der Waals surface area contributed by atoms with Crippen LogP contribution in [0.3, 0.4) is 0 Å². The summed E-state index contributed by atoms with van der Waals surface area (Å²) in [5, 5.41) is 37.5. The zero-order valence-corrected chi connectivity index (χ0v) is 14.8. The van der Waals surface area contributed by atoms with Crippen LogP contribution < -0.4 is 0 Å². The van der Waals surface area contributed by atoms with Gasteiger partial charge in [-0.15, -0.1) is 0 Å². The molecule has 25 heavy (non-hydrogen) atoms. The molecule has 0 aromatic carbocycles. The number of unbranched alkanes of at least 4 members (excludes halogenated alkanes) is 2. The van der Waals surface area contributed by atoms with Crippen molar-refractivity contribution in [3.63, 3.8) is 0 Å². The van der Waals surface area contributed by atoms with Gasteiger partial charge in [0.05, 0.1) is 18.3 Å². The van der Waals surface area contributed by atoms with Crippen molar-refractivity contribution < 1.29 is 25.2 Å². The molecule has 0 unspecified atom stereocenters. The summed E-state index contributed by atoms with van der Waals surface area (Å²) in [5.41, 5.74) is 0. The smallest absolute Gasteiger partial charge is 0.303 e. The average molecular weight is 350 g/mol. The Bertz CT molecular complexity index is 496. The van der Waals surface area contributed by atoms with Crippen molar-refractivity contribution in [1.29, 1.82) is 0 Å². The van der Waals surface area contributed by atoms with Gasteiger partial charge in [-0.25, -0.2) is 0 Å². The van der Waals surface area contributed by atoms with Gasteiger partial charge in [-0.2, -0.15) is 0 Å². The van der Waals surface area contributed by atoms with Crippen LogP contribution >= 0.6 is 0 Å². The van der Waals surface area contributed by atoms with Crippen molar-refractivity contribution in [2.75, 3.05) is 0 Å². The normalized spacial score (nSPS) is 15.4. The number of rotatable bonds is 12. The van der Waals surface area contributed by atoms with Gasteiger partial charge in [-0.05, 0) is 37.5 Å². The average Bonchev–Trinajstić information content (AvgIpc) is 2.56. The number of carboxylic acid groups (broad SMARTS) is 1. The van der Waals surface area contributed by atoms with E-state index in [1.54, 1.807) is 30.4 Å². The molecular weight excluding hydrogens is 320 g/mol. The van der Waals surface area contributed by atoms with Gasteiger partial charge in [-0.1, -0.05) is 56.3 Å². The summed E-state index contributed by atoms with van der Waals surface area (Å²) in [5.74, 6) is 4.63. The second-order valence-electron chi connectivity index (χ2n) is 5.80. The Hall–Kier alpha value is -1.87. The number of aliphatic hydroxyl groups is 3. The molecule has 5 heteroatoms. The first kappa shape index (κ1) is 23.1. The van der Waals surface area contributed by atoms with Gasteiger partial charge in [0.2, 0.25) is 0 Å². The topological polar surface area (TPSA) is 98.0 Å². The highest BCUT2D eigenvalue weighted by Crippen LogP contribution is 2.06. The van der Waals surface area contributed by atoms with Crippen molar-refractivity contribution in [3.05, 3.63) is 36.5 Å². The van der Waals surface area contributed by atoms with Crippen molar-refractivity contribution in [1.82, 2.24) is 0 Å². The Balaban J connectivity index is 4.02. The van der Waals surface area contributed by atoms with E-state index >= 15 is 0 Å². The first-order valence-corrected chi connectivity index (χ1v) is 8.74. The van der Waals surface area contributed by atoms with Gasteiger partial charge >= 0.3 is 5.97 Å². The standard InChI is InChI=1S/C20H30O5/c1-2-3-8-12-17(21)13-9-6-4-5-7-10-14-18(22)19(23)15-11-16-20(24)25/h5,7,9-10,13-14,17-19,21-23H,2-3,8,11-12,15-16H2,1H3,(H,24,25)/b7-5+,13-9+,14-10+/t17-,18+,19-/m0/s1. The van der Waals surface area contributed by atoms with E-state index in [1.807, 2.05) is 0 Å². The van der Waals surface area contributed by atoms with E-state index < -0.39 is 24.3 Å². The van der Waals surface area contributed by atoms with E-state index in [0.29, 0.717) is 6.42 Å². The van der Waals surface area contributed by atoms with Crippen molar-refractivity contribution >= 4 is 5.97 Å². The number of hydrogen-bond donors (Lipinski definition) is 4. The van der Waals surface area contributed by atoms with Crippen molar-refractivity contribution in [2.24, 2.45) is 0 Å². The lowest BCUT2D eigenvalue weighted by Gasteiger charge is -2.13. The number of aliphatic carboxylic acids is 1. The van der Waals surface area contributed by atoms with E-state index in [1.165, 1.54) is 6.08 Å². The highest BCUT2D eigenvalue weighted by atomic mass is 16.4. The first-order valence-electron chi connectivity index (χ1n) is 8.74. The number of aliphatic hydroxyl groups excluding tert-OH is 3. The Labute approximate surface area is 150 Å². The van der Waals surface area contributed by atoms with Gasteiger partial charge in [0.1, 0.15) is 0 Å². The lowest BCUT2D eigenvalue weighted by molar-refractivity contribution is -0.137. The molecule has 0 aliphatic carbocycles. The number of carboxylic acids is 1. The summed E-state index contributed by atoms with van der Waals surface area (Å²) in [7, 11) is 0. The number of hydrogen-bond acceptors (Lipinski definition) is 4. The summed E-state index contributed by atoms with van der Waals surface area (Å²) < 4.78 is 0. The minimum absolute atomic E-state index is 0.0240. The molecule has 5 nitrogen and oxygen atoms in total. The molecule has 0 radical (unpaired) electrons. The molecule has 0 heterocycles. The van der Waals surface area contributed by atoms with Crippen LogP contribution in [0.4, 0.5) is 0 Å². The summed E-state index contributed by atoms with van der Waals surface area (Å²) in [6.07, 6.45) is 11.6. The summed E-state index contributed by atoms with van der Waals surface area (Å²) in [6, 6.07) is 0. The highest BCUT2D eigenvalue weighted by molar-refractivity contribution is 5.66. The first-order chi connectivity index (χ1) is 12.0. The fourth-order valence-corrected chi connectivity index (χ4v) is 2.00. The van der Waals surface area contributed by atoms with Gasteiger partial charge in [0, 0.05) is 6.42 Å². The predicted molar refractivity (Wildman–Crippen MR) is 98.8 cm³/mol. The van der Waals surface area contributed by atoms with Crippen LogP contribution in [-0.4, -0.2) is 44.7 Å². The molecule has 0 aromatic rings. The quantitative estimate of drug-likeness (QED) is 0.246. The largest absolute Gasteiger partial charge is 0.481 e. The third-order valence-corrected chi connectivity index (χ3v) is 3.47. The minimum Gasteiger partial charge on any atom is -0.481 e. The summed E-state index contributed by atoms with van der Waals surface area (Å²) >= 11 is 0. The molecule has 0 aliphatic heterocycles. The van der Waals surface area contributed by atoms with Gasteiger partial charge in [0.25, 0.3) is 0 Å². The third kappa shape index (κ3) is 15.4. The molecular formula is C20H30O5. The second kappa shape index (κ2) is 15.6. The molecule has 0 rings (SSSR count). The van der Waals surface area contributed by atoms with Crippen LogP contribution in [0.2, 0.25) is 0 Å². The number of carbonyl (C=O) groups is 1. The van der Waals surface area contributed by atoms with E-state index in [9.17, 15) is 20.1 Å². The monoisotopic (exact) mass is 350 g/mol. The van der Waals surface area contributed by atoms with Crippen LogP contribution in [-0.2, 0) is 4.79 Å². The molecule has 0 spiro atoms. The molecule has 0 saturated heterocycles. The molecule has 4 N–H and O–H groups in total. The molecule has 140 valence electrons. The Kier molecular flexibility index (Phi) is 14.5. The lowest BCUT2D eigenvalue weighted by Crippen LogP contribution is -2.23. The Morgan fingerprint density at radius 2 is 1.68 bits per heavy atom. The molecule has 3 atom stereocenters. The van der Waals surface area contributed by atoms with E-state index in [2.05, 4.69) is 18.8 Å². The zero-order valence-electron chi connectivity index (χ0n) is 14.8. The summed E-state index contributed by atoms with van der Waals surface area (Å²) in [4.78, 5) is 10.4. The van der Waals surface area contributed by atoms with Crippen LogP contribution in [0.25, 0.3) is 0 Å². The maximum Gasteiger partial charge on any atom is 0.303 e. The fraction of sp³-hybridized carbons (Fsp3) is 0.550. The molecule has 0 bridgehead atoms. The zero-order chi connectivity index (χ0) is 18.9. The van der Waals surface area contributed by atoms with Crippen LogP contribution in [0.15, 0.2) is 36.5 Å². The maximum absolute atomic E-state index is 10.4. The second-order valence-corrected chi connectivity index (χ2v) is 5.80. The van der Waals surface area contributed by atoms with Gasteiger partial charge in [0.15, 0.2) is 0 Å². The lowest BCUT2D eigenvalue weighted by atomic mass is 10.1. The predicted octanol–water partition coefficient (Wildman–Crippen LogP) is 2.58. The summed E-state index contributed by atoms with van der Waals surface area (Å²) in [6.45, 7) is 2.12. The van der Waals surface area contributed by atoms with Crippen molar-refractivity contribution in [3.8, 4) is 11.8 Å². The number of allylic oxidation sites excluding steroid dienone is 4. The third-order valence-electron chi connectivity index (χ3n) is 3.47. The van der Waals surface area contributed by atoms with E-state index in [-0.39, 0.29) is 12.8 Å². The highest BCUT2D eigenvalue weighted by Gasteiger charge is 2.12. The molecule has 0 saturated carbocycles. The molecule has 0 aromatic heterocycles. The molecule has 0 aliphatic rings. The van der Waals surface area contributed by atoms with Crippen LogP contribution in [0, 0.1) is 11.8 Å². The van der Waals surface area contributed by atoms with E-state index in [4.69, 9.17) is 5.11 Å². The maximum atomic E-state index is 10.4. The van der Waals surface area contributed by atoms with Gasteiger partial charge in [-0.3, -0.25) is 4.79 Å².